The molecule has 3 nitrogen and oxygen atoms in total. The number of benzene rings is 2. The molecule has 0 fully saturated rings. The summed E-state index contributed by atoms with van der Waals surface area (Å²) in [5, 5.41) is 3.65. The number of carbonyl (C=O) groups is 1. The Kier molecular flexibility index (Phi) is 6.31. The van der Waals surface area contributed by atoms with Crippen LogP contribution in [0.2, 0.25) is 5.02 Å². The van der Waals surface area contributed by atoms with Crippen LogP contribution < -0.4 is 5.32 Å². The highest BCUT2D eigenvalue weighted by atomic mass is 35.5. The Labute approximate surface area is 140 Å². The van der Waals surface area contributed by atoms with Crippen LogP contribution in [0.25, 0.3) is 0 Å². The molecule has 116 valence electrons. The minimum Gasteiger partial charge on any atom is -0.325 e. The second-order valence-corrected chi connectivity index (χ2v) is 6.59. The van der Waals surface area contributed by atoms with Crippen molar-refractivity contribution in [2.24, 2.45) is 0 Å². The molecule has 2 rings (SSSR count). The number of hydrogen-bond donors (Lipinski definition) is 1. The second-order valence-electron chi connectivity index (χ2n) is 5.16. The van der Waals surface area contributed by atoms with Gasteiger partial charge in [-0.2, -0.15) is 0 Å². The Morgan fingerprint density at radius 1 is 1.14 bits per heavy atom. The summed E-state index contributed by atoms with van der Waals surface area (Å²) in [6, 6.07) is 15.4. The Morgan fingerprint density at radius 3 is 2.55 bits per heavy atom. The number of rotatable bonds is 6. The molecule has 5 heteroatoms. The lowest BCUT2D eigenvalue weighted by atomic mass is 10.1. The molecule has 0 atom stereocenters. The number of para-hydroxylation sites is 1. The van der Waals surface area contributed by atoms with E-state index in [0.29, 0.717) is 10.8 Å². The summed E-state index contributed by atoms with van der Waals surface area (Å²) in [4.78, 5) is 15.1. The van der Waals surface area contributed by atoms with Crippen molar-refractivity contribution in [2.45, 2.75) is 11.4 Å². The Bertz CT molecular complexity index is 646. The summed E-state index contributed by atoms with van der Waals surface area (Å²) < 4.78 is 0. The zero-order valence-electron chi connectivity index (χ0n) is 12.7. The third kappa shape index (κ3) is 5.05. The van der Waals surface area contributed by atoms with Crippen LogP contribution in [0.4, 0.5) is 5.69 Å². The van der Waals surface area contributed by atoms with Crippen LogP contribution in [0.3, 0.4) is 0 Å². The van der Waals surface area contributed by atoms with E-state index < -0.39 is 0 Å². The Hall–Kier alpha value is -1.49. The number of nitrogens with zero attached hydrogens (tertiary/aromatic N) is 1. The molecule has 0 aromatic heterocycles. The zero-order valence-corrected chi connectivity index (χ0v) is 14.2. The van der Waals surface area contributed by atoms with Gasteiger partial charge in [0.15, 0.2) is 0 Å². The smallest absolute Gasteiger partial charge is 0.234 e. The average Bonchev–Trinajstić information content (AvgIpc) is 2.48. The van der Waals surface area contributed by atoms with Crippen molar-refractivity contribution in [2.75, 3.05) is 25.2 Å². The fourth-order valence-electron chi connectivity index (χ4n) is 2.01. The fraction of sp³-hybridized carbons (Fsp3) is 0.235. The molecule has 0 aliphatic rings. The van der Waals surface area contributed by atoms with Crippen molar-refractivity contribution in [3.63, 3.8) is 0 Å². The lowest BCUT2D eigenvalue weighted by Crippen LogP contribution is -2.17. The van der Waals surface area contributed by atoms with Gasteiger partial charge in [0.05, 0.1) is 10.8 Å². The van der Waals surface area contributed by atoms with Gasteiger partial charge in [-0.15, -0.1) is 11.8 Å². The fourth-order valence-corrected chi connectivity index (χ4v) is 3.05. The van der Waals surface area contributed by atoms with Gasteiger partial charge in [-0.3, -0.25) is 4.79 Å². The van der Waals surface area contributed by atoms with E-state index in [9.17, 15) is 4.79 Å². The highest BCUT2D eigenvalue weighted by Crippen LogP contribution is 2.26. The SMILES string of the molecule is CN(C)Cc1ccccc1NC(=O)CSc1ccccc1Cl. The molecule has 0 radical (unpaired) electrons. The first-order valence-electron chi connectivity index (χ1n) is 6.96. The number of carbonyl (C=O) groups excluding carboxylic acids is 1. The maximum Gasteiger partial charge on any atom is 0.234 e. The number of amides is 1. The van der Waals surface area contributed by atoms with Crippen LogP contribution in [-0.4, -0.2) is 30.7 Å². The molecule has 0 bridgehead atoms. The van der Waals surface area contributed by atoms with Crippen molar-refractivity contribution < 1.29 is 4.79 Å². The molecule has 2 aromatic rings. The lowest BCUT2D eigenvalue weighted by Gasteiger charge is -2.14. The molecule has 0 saturated heterocycles. The average molecular weight is 335 g/mol. The topological polar surface area (TPSA) is 32.3 Å². The van der Waals surface area contributed by atoms with Crippen molar-refractivity contribution in [3.8, 4) is 0 Å². The zero-order chi connectivity index (χ0) is 15.9. The summed E-state index contributed by atoms with van der Waals surface area (Å²) in [7, 11) is 4.01. The van der Waals surface area contributed by atoms with Crippen molar-refractivity contribution >= 4 is 35.0 Å². The highest BCUT2D eigenvalue weighted by molar-refractivity contribution is 8.00. The van der Waals surface area contributed by atoms with Crippen molar-refractivity contribution in [1.29, 1.82) is 0 Å². The Morgan fingerprint density at radius 2 is 1.82 bits per heavy atom. The molecule has 0 aliphatic carbocycles. The second kappa shape index (κ2) is 8.22. The summed E-state index contributed by atoms with van der Waals surface area (Å²) in [5.74, 6) is 0.302. The molecule has 0 saturated carbocycles. The first kappa shape index (κ1) is 16.9. The molecular formula is C17H19ClN2OS. The molecule has 22 heavy (non-hydrogen) atoms. The number of halogens is 1. The van der Waals surface area contributed by atoms with Gasteiger partial charge in [0.2, 0.25) is 5.91 Å². The third-order valence-corrected chi connectivity index (χ3v) is 4.49. The van der Waals surface area contributed by atoms with E-state index in [1.54, 1.807) is 0 Å². The van der Waals surface area contributed by atoms with Crippen LogP contribution in [0, 0.1) is 0 Å². The van der Waals surface area contributed by atoms with E-state index in [-0.39, 0.29) is 5.91 Å². The van der Waals surface area contributed by atoms with E-state index in [1.165, 1.54) is 11.8 Å². The van der Waals surface area contributed by atoms with Gasteiger partial charge in [0, 0.05) is 17.1 Å². The molecule has 1 N–H and O–H groups in total. The van der Waals surface area contributed by atoms with Gasteiger partial charge in [0.25, 0.3) is 0 Å². The normalized spacial score (nSPS) is 10.7. The minimum absolute atomic E-state index is 0.0314. The van der Waals surface area contributed by atoms with Crippen LogP contribution in [-0.2, 0) is 11.3 Å². The maximum absolute atomic E-state index is 12.1. The summed E-state index contributed by atoms with van der Waals surface area (Å²) in [6.07, 6.45) is 0. The molecule has 0 aliphatic heterocycles. The van der Waals surface area contributed by atoms with Gasteiger partial charge in [0.1, 0.15) is 0 Å². The molecule has 0 spiro atoms. The van der Waals surface area contributed by atoms with Gasteiger partial charge < -0.3 is 10.2 Å². The number of hydrogen-bond acceptors (Lipinski definition) is 3. The first-order valence-corrected chi connectivity index (χ1v) is 8.32. The van der Waals surface area contributed by atoms with E-state index in [2.05, 4.69) is 10.2 Å². The maximum atomic E-state index is 12.1. The summed E-state index contributed by atoms with van der Waals surface area (Å²) in [5.41, 5.74) is 1.96. The van der Waals surface area contributed by atoms with Gasteiger partial charge in [-0.25, -0.2) is 0 Å². The Balaban J connectivity index is 1.96. The van der Waals surface area contributed by atoms with Crippen LogP contribution in [0.15, 0.2) is 53.4 Å². The minimum atomic E-state index is -0.0314. The summed E-state index contributed by atoms with van der Waals surface area (Å²) >= 11 is 7.53. The highest BCUT2D eigenvalue weighted by Gasteiger charge is 2.09. The molecular weight excluding hydrogens is 316 g/mol. The monoisotopic (exact) mass is 334 g/mol. The van der Waals surface area contributed by atoms with E-state index >= 15 is 0 Å². The van der Waals surface area contributed by atoms with E-state index in [0.717, 1.165) is 22.7 Å². The van der Waals surface area contributed by atoms with E-state index in [1.807, 2.05) is 62.6 Å². The van der Waals surface area contributed by atoms with Crippen LogP contribution >= 0.6 is 23.4 Å². The molecule has 0 unspecified atom stereocenters. The predicted octanol–water partition coefficient (Wildman–Crippen LogP) is 4.13. The first-order chi connectivity index (χ1) is 10.6. The largest absolute Gasteiger partial charge is 0.325 e. The quantitative estimate of drug-likeness (QED) is 0.806. The van der Waals surface area contributed by atoms with Gasteiger partial charge in [-0.1, -0.05) is 41.9 Å². The van der Waals surface area contributed by atoms with Gasteiger partial charge >= 0.3 is 0 Å². The van der Waals surface area contributed by atoms with Crippen LogP contribution in [0.1, 0.15) is 5.56 Å². The molecule has 0 heterocycles. The van der Waals surface area contributed by atoms with Crippen LogP contribution in [0.5, 0.6) is 0 Å². The van der Waals surface area contributed by atoms with Gasteiger partial charge in [-0.05, 0) is 37.9 Å². The van der Waals surface area contributed by atoms with Crippen molar-refractivity contribution in [3.05, 3.63) is 59.1 Å². The third-order valence-electron chi connectivity index (χ3n) is 2.97. The number of thioether (sulfide) groups is 1. The molecule has 2 aromatic carbocycles. The lowest BCUT2D eigenvalue weighted by molar-refractivity contribution is -0.113. The summed E-state index contributed by atoms with van der Waals surface area (Å²) in [6.45, 7) is 0.786. The number of anilines is 1. The predicted molar refractivity (Wildman–Crippen MR) is 94.6 cm³/mol. The van der Waals surface area contributed by atoms with Crippen molar-refractivity contribution in [1.82, 2.24) is 4.90 Å². The number of nitrogens with one attached hydrogen (secondary N) is 1. The standard InChI is InChI=1S/C17H19ClN2OS/c1-20(2)11-13-7-3-5-9-15(13)19-17(21)12-22-16-10-6-4-8-14(16)18/h3-10H,11-12H2,1-2H3,(H,19,21). The molecule has 1 amide bonds. The van der Waals surface area contributed by atoms with E-state index in [4.69, 9.17) is 11.6 Å².